The zero-order valence-corrected chi connectivity index (χ0v) is 11.8. The molecule has 0 amide bonds. The van der Waals surface area contributed by atoms with Gasteiger partial charge in [-0.25, -0.2) is 0 Å². The highest BCUT2D eigenvalue weighted by molar-refractivity contribution is 5.71. The van der Waals surface area contributed by atoms with E-state index in [0.717, 1.165) is 17.1 Å². The lowest BCUT2D eigenvalue weighted by Gasteiger charge is -2.22. The molecule has 18 heavy (non-hydrogen) atoms. The summed E-state index contributed by atoms with van der Waals surface area (Å²) in [5.41, 5.74) is 10.6. The Morgan fingerprint density at radius 3 is 2.28 bits per heavy atom. The molecule has 0 spiro atoms. The molecule has 0 atom stereocenters. The van der Waals surface area contributed by atoms with Gasteiger partial charge in [-0.2, -0.15) is 5.10 Å². The molecule has 0 saturated carbocycles. The van der Waals surface area contributed by atoms with Crippen LogP contribution in [0.25, 0.3) is 11.3 Å². The number of hydrogen-bond acceptors (Lipinski definition) is 2. The zero-order valence-electron chi connectivity index (χ0n) is 11.8. The molecule has 0 saturated heterocycles. The van der Waals surface area contributed by atoms with Crippen molar-refractivity contribution in [3.63, 3.8) is 0 Å². The summed E-state index contributed by atoms with van der Waals surface area (Å²) in [7, 11) is 1.88. The van der Waals surface area contributed by atoms with Gasteiger partial charge in [0.15, 0.2) is 0 Å². The molecule has 96 valence electrons. The fourth-order valence-corrected chi connectivity index (χ4v) is 2.24. The minimum atomic E-state index is 0.0926. The highest BCUT2D eigenvalue weighted by atomic mass is 15.3. The van der Waals surface area contributed by atoms with Crippen LogP contribution in [0.5, 0.6) is 0 Å². The number of aryl methyl sites for hydroxylation is 1. The molecule has 1 heterocycles. The summed E-state index contributed by atoms with van der Waals surface area (Å²) >= 11 is 0. The standard InChI is InChI=1S/C15H21N3/c1-10-13(17-18(5)14(10)16)11-8-6-7-9-12(11)15(2,3)4/h6-9H,16H2,1-5H3. The van der Waals surface area contributed by atoms with Gasteiger partial charge in [-0.1, -0.05) is 45.0 Å². The molecule has 2 aromatic rings. The van der Waals surface area contributed by atoms with Crippen LogP contribution in [0.3, 0.4) is 0 Å². The normalized spacial score (nSPS) is 11.8. The molecule has 1 aromatic heterocycles. The van der Waals surface area contributed by atoms with E-state index < -0.39 is 0 Å². The first-order valence-corrected chi connectivity index (χ1v) is 6.21. The van der Waals surface area contributed by atoms with E-state index in [-0.39, 0.29) is 5.41 Å². The van der Waals surface area contributed by atoms with Gasteiger partial charge < -0.3 is 5.73 Å². The molecule has 0 aliphatic carbocycles. The van der Waals surface area contributed by atoms with Crippen LogP contribution in [-0.4, -0.2) is 9.78 Å². The summed E-state index contributed by atoms with van der Waals surface area (Å²) in [5, 5.41) is 4.55. The van der Waals surface area contributed by atoms with E-state index in [1.165, 1.54) is 11.1 Å². The minimum absolute atomic E-state index is 0.0926. The Labute approximate surface area is 109 Å². The molecule has 3 heteroatoms. The maximum Gasteiger partial charge on any atom is 0.124 e. The number of nitrogen functional groups attached to an aromatic ring is 1. The van der Waals surface area contributed by atoms with E-state index in [1.807, 2.05) is 14.0 Å². The van der Waals surface area contributed by atoms with Crippen LogP contribution >= 0.6 is 0 Å². The predicted octanol–water partition coefficient (Wildman–Crippen LogP) is 3.28. The molecule has 0 radical (unpaired) electrons. The summed E-state index contributed by atoms with van der Waals surface area (Å²) in [5.74, 6) is 0.730. The number of benzene rings is 1. The quantitative estimate of drug-likeness (QED) is 0.835. The fourth-order valence-electron chi connectivity index (χ4n) is 2.24. The van der Waals surface area contributed by atoms with Gasteiger partial charge in [0.25, 0.3) is 0 Å². The van der Waals surface area contributed by atoms with E-state index >= 15 is 0 Å². The summed E-state index contributed by atoms with van der Waals surface area (Å²) in [4.78, 5) is 0. The first-order chi connectivity index (χ1) is 8.32. The second-order valence-corrected chi connectivity index (χ2v) is 5.78. The van der Waals surface area contributed by atoms with Gasteiger partial charge in [0, 0.05) is 18.2 Å². The van der Waals surface area contributed by atoms with Crippen molar-refractivity contribution < 1.29 is 0 Å². The Hall–Kier alpha value is -1.77. The smallest absolute Gasteiger partial charge is 0.124 e. The molecule has 0 fully saturated rings. The average Bonchev–Trinajstić information content (AvgIpc) is 2.56. The van der Waals surface area contributed by atoms with Crippen molar-refractivity contribution in [2.75, 3.05) is 5.73 Å². The van der Waals surface area contributed by atoms with Crippen LogP contribution in [0.15, 0.2) is 24.3 Å². The van der Waals surface area contributed by atoms with Gasteiger partial charge in [-0.3, -0.25) is 4.68 Å². The highest BCUT2D eigenvalue weighted by Crippen LogP contribution is 2.34. The zero-order chi connectivity index (χ0) is 13.5. The fraction of sp³-hybridized carbons (Fsp3) is 0.400. The van der Waals surface area contributed by atoms with Crippen LogP contribution < -0.4 is 5.73 Å². The molecule has 0 aliphatic rings. The number of aromatic nitrogens is 2. The SMILES string of the molecule is Cc1c(-c2ccccc2C(C)(C)C)nn(C)c1N. The molecule has 0 bridgehead atoms. The van der Waals surface area contributed by atoms with Crippen LogP contribution in [-0.2, 0) is 12.5 Å². The van der Waals surface area contributed by atoms with Crippen LogP contribution in [0.1, 0.15) is 31.9 Å². The maximum absolute atomic E-state index is 6.00. The van der Waals surface area contributed by atoms with Gasteiger partial charge >= 0.3 is 0 Å². The van der Waals surface area contributed by atoms with Crippen molar-refractivity contribution in [1.29, 1.82) is 0 Å². The molecule has 0 unspecified atom stereocenters. The highest BCUT2D eigenvalue weighted by Gasteiger charge is 2.21. The Kier molecular flexibility index (Phi) is 2.93. The van der Waals surface area contributed by atoms with Gasteiger partial charge in [-0.05, 0) is 17.9 Å². The summed E-state index contributed by atoms with van der Waals surface area (Å²) < 4.78 is 1.74. The number of rotatable bonds is 1. The first-order valence-electron chi connectivity index (χ1n) is 6.21. The van der Waals surface area contributed by atoms with E-state index in [0.29, 0.717) is 0 Å². The Morgan fingerprint density at radius 1 is 1.17 bits per heavy atom. The maximum atomic E-state index is 6.00. The van der Waals surface area contributed by atoms with Crippen molar-refractivity contribution in [2.24, 2.45) is 7.05 Å². The van der Waals surface area contributed by atoms with E-state index in [9.17, 15) is 0 Å². The molecular formula is C15H21N3. The van der Waals surface area contributed by atoms with Crippen molar-refractivity contribution in [3.05, 3.63) is 35.4 Å². The molecular weight excluding hydrogens is 222 g/mol. The van der Waals surface area contributed by atoms with Crippen LogP contribution in [0, 0.1) is 6.92 Å². The summed E-state index contributed by atoms with van der Waals surface area (Å²) in [6.45, 7) is 8.67. The Bertz CT molecular complexity index is 574. The van der Waals surface area contributed by atoms with Crippen molar-refractivity contribution >= 4 is 5.82 Å². The third-order valence-corrected chi connectivity index (χ3v) is 3.33. The lowest BCUT2D eigenvalue weighted by atomic mass is 9.82. The number of anilines is 1. The largest absolute Gasteiger partial charge is 0.384 e. The Morgan fingerprint density at radius 2 is 1.78 bits per heavy atom. The van der Waals surface area contributed by atoms with Crippen molar-refractivity contribution in [3.8, 4) is 11.3 Å². The predicted molar refractivity (Wildman–Crippen MR) is 76.5 cm³/mol. The third kappa shape index (κ3) is 2.01. The lowest BCUT2D eigenvalue weighted by molar-refractivity contribution is 0.591. The molecule has 3 nitrogen and oxygen atoms in total. The van der Waals surface area contributed by atoms with Crippen LogP contribution in [0.4, 0.5) is 5.82 Å². The van der Waals surface area contributed by atoms with Gasteiger partial charge in [0.05, 0.1) is 5.69 Å². The lowest BCUT2D eigenvalue weighted by Crippen LogP contribution is -2.12. The number of nitrogens with two attached hydrogens (primary N) is 1. The monoisotopic (exact) mass is 243 g/mol. The molecule has 2 rings (SSSR count). The minimum Gasteiger partial charge on any atom is -0.384 e. The summed E-state index contributed by atoms with van der Waals surface area (Å²) in [6.07, 6.45) is 0. The molecule has 1 aromatic carbocycles. The van der Waals surface area contributed by atoms with Gasteiger partial charge in [0.1, 0.15) is 5.82 Å². The van der Waals surface area contributed by atoms with E-state index in [1.54, 1.807) is 4.68 Å². The number of hydrogen-bond donors (Lipinski definition) is 1. The molecule has 2 N–H and O–H groups in total. The van der Waals surface area contributed by atoms with Gasteiger partial charge in [0.2, 0.25) is 0 Å². The van der Waals surface area contributed by atoms with E-state index in [2.05, 4.69) is 50.1 Å². The van der Waals surface area contributed by atoms with Crippen molar-refractivity contribution in [1.82, 2.24) is 9.78 Å². The molecule has 0 aliphatic heterocycles. The second-order valence-electron chi connectivity index (χ2n) is 5.78. The third-order valence-electron chi connectivity index (χ3n) is 3.33. The van der Waals surface area contributed by atoms with Gasteiger partial charge in [-0.15, -0.1) is 0 Å². The van der Waals surface area contributed by atoms with Crippen LogP contribution in [0.2, 0.25) is 0 Å². The average molecular weight is 243 g/mol. The summed E-state index contributed by atoms with van der Waals surface area (Å²) in [6, 6.07) is 8.41. The van der Waals surface area contributed by atoms with E-state index in [4.69, 9.17) is 5.73 Å². The number of nitrogens with zero attached hydrogens (tertiary/aromatic N) is 2. The first kappa shape index (κ1) is 12.7. The topological polar surface area (TPSA) is 43.8 Å². The second kappa shape index (κ2) is 4.16. The van der Waals surface area contributed by atoms with Crippen molar-refractivity contribution in [2.45, 2.75) is 33.1 Å². The Balaban J connectivity index is 2.68.